The zero-order valence-electron chi connectivity index (χ0n) is 51.3. The molecule has 0 saturated heterocycles. The molecule has 2 atom stereocenters. The average Bonchev–Trinajstić information content (AvgIpc) is 3.42. The van der Waals surface area contributed by atoms with Gasteiger partial charge in [-0.15, -0.1) is 0 Å². The van der Waals surface area contributed by atoms with Crippen molar-refractivity contribution in [1.29, 1.82) is 0 Å². The quantitative estimate of drug-likeness (QED) is 0.0420. The summed E-state index contributed by atoms with van der Waals surface area (Å²) >= 11 is 0. The van der Waals surface area contributed by atoms with Gasteiger partial charge in [0.25, 0.3) is 0 Å². The van der Waals surface area contributed by atoms with Crippen LogP contribution in [0.5, 0.6) is 0 Å². The molecule has 0 spiro atoms. The second-order valence-corrected chi connectivity index (χ2v) is 23.2. The largest absolute Gasteiger partial charge is 0.394 e. The zero-order valence-corrected chi connectivity index (χ0v) is 51.3. The van der Waals surface area contributed by atoms with E-state index >= 15 is 0 Å². The topological polar surface area (TPSA) is 69.6 Å². The minimum absolute atomic E-state index is 0.0309. The Labute approximate surface area is 476 Å². The Kier molecular flexibility index (Phi) is 65.2. The minimum Gasteiger partial charge on any atom is -0.394 e. The van der Waals surface area contributed by atoms with Gasteiger partial charge < -0.3 is 15.5 Å². The Bertz CT molecular complexity index is 1290. The highest BCUT2D eigenvalue weighted by Crippen LogP contribution is 2.19. The summed E-state index contributed by atoms with van der Waals surface area (Å²) in [4.78, 5) is 12.6. The zero-order chi connectivity index (χ0) is 54.8. The molecule has 1 amide bonds. The van der Waals surface area contributed by atoms with E-state index in [1.165, 1.54) is 270 Å². The second-order valence-electron chi connectivity index (χ2n) is 23.2. The fourth-order valence-corrected chi connectivity index (χ4v) is 10.6. The number of aliphatic hydroxyl groups excluding tert-OH is 2. The van der Waals surface area contributed by atoms with Gasteiger partial charge in [0.1, 0.15) is 0 Å². The fraction of sp³-hybridized carbons (Fsp3) is 0.819. The Morgan fingerprint density at radius 3 is 0.868 bits per heavy atom. The van der Waals surface area contributed by atoms with E-state index in [0.29, 0.717) is 12.8 Å². The number of carbonyl (C=O) groups is 1. The predicted octanol–water partition coefficient (Wildman–Crippen LogP) is 23.3. The Balaban J connectivity index is 3.44. The summed E-state index contributed by atoms with van der Waals surface area (Å²) in [6, 6.07) is -0.543. The van der Waals surface area contributed by atoms with Crippen molar-refractivity contribution < 1.29 is 15.0 Å². The van der Waals surface area contributed by atoms with Crippen LogP contribution in [-0.4, -0.2) is 34.9 Å². The summed E-state index contributed by atoms with van der Waals surface area (Å²) in [7, 11) is 0. The fourth-order valence-electron chi connectivity index (χ4n) is 10.6. The second kappa shape index (κ2) is 67.1. The summed E-state index contributed by atoms with van der Waals surface area (Å²) < 4.78 is 0. The highest BCUT2D eigenvalue weighted by Gasteiger charge is 2.20. The molecule has 3 N–H and O–H groups in total. The lowest BCUT2D eigenvalue weighted by Crippen LogP contribution is -2.45. The molecule has 0 aliphatic carbocycles. The number of allylic oxidation sites excluding steroid dienone is 12. The molecule has 4 heteroatoms. The van der Waals surface area contributed by atoms with Crippen molar-refractivity contribution in [3.05, 3.63) is 72.9 Å². The molecule has 0 aliphatic heterocycles. The molecule has 0 bridgehead atoms. The first kappa shape index (κ1) is 73.8. The van der Waals surface area contributed by atoms with Crippen LogP contribution in [0.2, 0.25) is 0 Å². The first-order chi connectivity index (χ1) is 37.7. The van der Waals surface area contributed by atoms with Crippen LogP contribution in [0.4, 0.5) is 0 Å². The van der Waals surface area contributed by atoms with Crippen molar-refractivity contribution in [2.75, 3.05) is 6.61 Å². The third-order valence-electron chi connectivity index (χ3n) is 15.7. The van der Waals surface area contributed by atoms with E-state index in [9.17, 15) is 15.0 Å². The molecule has 0 aliphatic rings. The third kappa shape index (κ3) is 62.7. The van der Waals surface area contributed by atoms with Crippen LogP contribution in [-0.2, 0) is 4.79 Å². The molecular weight excluding hydrogens is 927 g/mol. The third-order valence-corrected chi connectivity index (χ3v) is 15.7. The van der Waals surface area contributed by atoms with Crippen LogP contribution in [0.15, 0.2) is 72.9 Å². The molecule has 0 saturated carbocycles. The maximum Gasteiger partial charge on any atom is 0.220 e. The van der Waals surface area contributed by atoms with Crippen molar-refractivity contribution in [3.63, 3.8) is 0 Å². The molecule has 0 rings (SSSR count). The highest BCUT2D eigenvalue weighted by atomic mass is 16.3. The number of hydrogen-bond donors (Lipinski definition) is 3. The normalized spacial score (nSPS) is 13.2. The van der Waals surface area contributed by atoms with Crippen LogP contribution in [0, 0.1) is 0 Å². The van der Waals surface area contributed by atoms with Gasteiger partial charge in [0.2, 0.25) is 5.91 Å². The minimum atomic E-state index is -0.666. The summed E-state index contributed by atoms with van der Waals surface area (Å²) in [6.45, 7) is 4.28. The molecule has 76 heavy (non-hydrogen) atoms. The first-order valence-corrected chi connectivity index (χ1v) is 34.1. The average molecular weight is 1060 g/mol. The van der Waals surface area contributed by atoms with Crippen LogP contribution in [0.3, 0.4) is 0 Å². The van der Waals surface area contributed by atoms with Crippen molar-refractivity contribution in [2.24, 2.45) is 0 Å². The van der Waals surface area contributed by atoms with E-state index < -0.39 is 12.1 Å². The standard InChI is InChI=1S/C72H133NO3/c1-3-5-7-9-11-13-15-17-19-21-23-25-27-29-31-33-35-36-38-39-41-43-45-47-49-51-53-55-57-59-61-63-65-67-71(75)70(69-74)73-72(76)68-66-64-62-60-58-56-54-52-50-48-46-44-42-40-37-34-32-30-28-26-24-22-20-18-16-14-12-10-8-6-4-2/h6,8,12,14,18,20,24,26,30,32,37,40,70-71,74-75H,3-5,7,9-11,13,15-17,19,21-23,25,27-29,31,33-36,38-39,41-69H2,1-2H3,(H,73,76)/b8-6-,14-12-,20-18-,26-24-,32-30-,40-37-. The molecule has 4 nitrogen and oxygen atoms in total. The van der Waals surface area contributed by atoms with Gasteiger partial charge >= 0.3 is 0 Å². The van der Waals surface area contributed by atoms with Crippen molar-refractivity contribution in [3.8, 4) is 0 Å². The SMILES string of the molecule is CC/C=C\C/C=C\C/C=C\C/C=C\C/C=C\C/C=C\CCCCCCCCCCCCCCC(=O)NC(CO)C(O)CCCCCCCCCCCCCCCCCCCCCCCCCCCCCCCCCCC. The van der Waals surface area contributed by atoms with Crippen molar-refractivity contribution in [2.45, 2.75) is 373 Å². The number of aliphatic hydroxyl groups is 2. The molecule has 0 radical (unpaired) electrons. The van der Waals surface area contributed by atoms with Gasteiger partial charge in [-0.1, -0.05) is 363 Å². The van der Waals surface area contributed by atoms with Gasteiger partial charge in [0, 0.05) is 6.42 Å². The number of amides is 1. The summed E-state index contributed by atoms with van der Waals surface area (Å²) in [6.07, 6.45) is 96.6. The predicted molar refractivity (Wildman–Crippen MR) is 341 cm³/mol. The summed E-state index contributed by atoms with van der Waals surface area (Å²) in [5, 5.41) is 23.5. The van der Waals surface area contributed by atoms with Gasteiger partial charge in [-0.05, 0) is 64.2 Å². The lowest BCUT2D eigenvalue weighted by Gasteiger charge is -2.22. The number of rotatable bonds is 63. The van der Waals surface area contributed by atoms with Crippen molar-refractivity contribution in [1.82, 2.24) is 5.32 Å². The number of unbranched alkanes of at least 4 members (excludes halogenated alkanes) is 44. The van der Waals surface area contributed by atoms with Crippen LogP contribution < -0.4 is 5.32 Å². The van der Waals surface area contributed by atoms with E-state index in [4.69, 9.17) is 0 Å². The molecule has 444 valence electrons. The molecule has 0 aromatic heterocycles. The highest BCUT2D eigenvalue weighted by molar-refractivity contribution is 5.76. The van der Waals surface area contributed by atoms with Crippen LogP contribution in [0.25, 0.3) is 0 Å². The summed E-state index contributed by atoms with van der Waals surface area (Å²) in [5.41, 5.74) is 0. The number of nitrogens with one attached hydrogen (secondary N) is 1. The van der Waals surface area contributed by atoms with Gasteiger partial charge in [-0.2, -0.15) is 0 Å². The Hall–Kier alpha value is -2.17. The molecule has 0 aromatic carbocycles. The molecule has 0 aromatic rings. The van der Waals surface area contributed by atoms with E-state index in [1.807, 2.05) is 0 Å². The monoisotopic (exact) mass is 1060 g/mol. The molecule has 0 heterocycles. The number of hydrogen-bond acceptors (Lipinski definition) is 3. The van der Waals surface area contributed by atoms with E-state index in [-0.39, 0.29) is 12.5 Å². The van der Waals surface area contributed by atoms with Gasteiger partial charge in [-0.3, -0.25) is 4.79 Å². The van der Waals surface area contributed by atoms with E-state index in [2.05, 4.69) is 92.1 Å². The van der Waals surface area contributed by atoms with Gasteiger partial charge in [0.15, 0.2) is 0 Å². The molecule has 2 unspecified atom stereocenters. The van der Waals surface area contributed by atoms with Crippen LogP contribution >= 0.6 is 0 Å². The molecular formula is C72H133NO3. The lowest BCUT2D eigenvalue weighted by molar-refractivity contribution is -0.123. The van der Waals surface area contributed by atoms with E-state index in [1.54, 1.807) is 0 Å². The van der Waals surface area contributed by atoms with Gasteiger partial charge in [-0.25, -0.2) is 0 Å². The number of carbonyl (C=O) groups excluding carboxylic acids is 1. The summed E-state index contributed by atoms with van der Waals surface area (Å²) in [5.74, 6) is -0.0309. The molecule has 0 fully saturated rings. The smallest absolute Gasteiger partial charge is 0.220 e. The Morgan fingerprint density at radius 2 is 0.579 bits per heavy atom. The maximum atomic E-state index is 12.6. The van der Waals surface area contributed by atoms with Crippen LogP contribution in [0.1, 0.15) is 361 Å². The Morgan fingerprint density at radius 1 is 0.329 bits per heavy atom. The maximum absolute atomic E-state index is 12.6. The first-order valence-electron chi connectivity index (χ1n) is 34.1. The van der Waals surface area contributed by atoms with Crippen molar-refractivity contribution >= 4 is 5.91 Å². The lowest BCUT2D eigenvalue weighted by atomic mass is 10.0. The van der Waals surface area contributed by atoms with E-state index in [0.717, 1.165) is 64.2 Å². The van der Waals surface area contributed by atoms with Gasteiger partial charge in [0.05, 0.1) is 18.8 Å².